The molecule has 1 amide bonds. The van der Waals surface area contributed by atoms with Gasteiger partial charge in [-0.25, -0.2) is 10.0 Å². The largest absolute Gasteiger partial charge is 0.457 e. The van der Waals surface area contributed by atoms with Crippen molar-refractivity contribution in [3.05, 3.63) is 56.1 Å². The smallest absolute Gasteiger partial charge is 0.281 e. The summed E-state index contributed by atoms with van der Waals surface area (Å²) < 4.78 is 11.6. The van der Waals surface area contributed by atoms with Crippen molar-refractivity contribution in [3.8, 4) is 11.3 Å². The number of rotatable bonds is 4. The first-order valence-electron chi connectivity index (χ1n) is 8.59. The molecular weight excluding hydrogens is 438 g/mol. The Morgan fingerprint density at radius 3 is 2.69 bits per heavy atom. The number of hydrazine groups is 1. The fourth-order valence-corrected chi connectivity index (χ4v) is 4.54. The number of nitro benzene ring substituents is 1. The number of morpholine rings is 1. The van der Waals surface area contributed by atoms with E-state index >= 15 is 0 Å². The molecule has 2 saturated heterocycles. The lowest BCUT2D eigenvalue weighted by atomic mass is 10.1. The summed E-state index contributed by atoms with van der Waals surface area (Å²) in [7, 11) is 0. The van der Waals surface area contributed by atoms with Crippen LogP contribution in [-0.4, -0.2) is 51.5 Å². The molecule has 0 aliphatic carbocycles. The van der Waals surface area contributed by atoms with E-state index in [9.17, 15) is 14.9 Å². The Labute approximate surface area is 180 Å². The van der Waals surface area contributed by atoms with Crippen LogP contribution in [0.4, 0.5) is 5.69 Å². The van der Waals surface area contributed by atoms with Crippen molar-refractivity contribution in [2.75, 3.05) is 26.3 Å². The van der Waals surface area contributed by atoms with Gasteiger partial charge >= 0.3 is 0 Å². The Hall–Kier alpha value is -2.24. The molecule has 0 atom stereocenters. The maximum Gasteiger partial charge on any atom is 0.281 e. The van der Waals surface area contributed by atoms with Crippen LogP contribution in [0, 0.1) is 10.1 Å². The number of amides is 1. The number of benzene rings is 1. The summed E-state index contributed by atoms with van der Waals surface area (Å²) in [5.74, 6) is 0.699. The van der Waals surface area contributed by atoms with Gasteiger partial charge in [-0.15, -0.1) is 0 Å². The fraction of sp³-hybridized carbons (Fsp3) is 0.222. The van der Waals surface area contributed by atoms with Gasteiger partial charge in [-0.1, -0.05) is 35.6 Å². The lowest BCUT2D eigenvalue weighted by molar-refractivity contribution is -0.384. The highest BCUT2D eigenvalue weighted by molar-refractivity contribution is 8.26. The number of hydrogen-bond donors (Lipinski definition) is 0. The highest BCUT2D eigenvalue weighted by Crippen LogP contribution is 2.36. The number of furan rings is 1. The number of ether oxygens (including phenoxy) is 1. The molecule has 0 bridgehead atoms. The molecule has 4 rings (SSSR count). The first-order valence-corrected chi connectivity index (χ1v) is 10.2. The van der Waals surface area contributed by atoms with Crippen LogP contribution in [0.3, 0.4) is 0 Å². The Kier molecular flexibility index (Phi) is 5.70. The molecule has 29 heavy (non-hydrogen) atoms. The van der Waals surface area contributed by atoms with Crippen LogP contribution in [-0.2, 0) is 9.53 Å². The topological polar surface area (TPSA) is 89.1 Å². The summed E-state index contributed by atoms with van der Waals surface area (Å²) in [5, 5.41) is 14.4. The third-order valence-corrected chi connectivity index (χ3v) is 5.97. The average molecular weight is 452 g/mol. The van der Waals surface area contributed by atoms with E-state index in [1.54, 1.807) is 18.2 Å². The minimum atomic E-state index is -0.514. The normalized spacial score (nSPS) is 19.3. The van der Waals surface area contributed by atoms with Crippen LogP contribution >= 0.6 is 35.6 Å². The molecule has 1 aromatic heterocycles. The van der Waals surface area contributed by atoms with Crippen LogP contribution in [0.2, 0.25) is 5.02 Å². The van der Waals surface area contributed by atoms with Crippen LogP contribution in [0.1, 0.15) is 5.76 Å². The van der Waals surface area contributed by atoms with Gasteiger partial charge in [-0.2, -0.15) is 0 Å². The molecule has 11 heteroatoms. The Bertz CT molecular complexity index is 1030. The SMILES string of the molecule is O=C1C(=Cc2ccc(-c3ccc([N+](=O)[O-])cc3Cl)o2)SC(=S)N1N1CCOCC1. The number of nitrogens with zero attached hydrogens (tertiary/aromatic N) is 3. The van der Waals surface area contributed by atoms with Crippen molar-refractivity contribution in [3.63, 3.8) is 0 Å². The van der Waals surface area contributed by atoms with Crippen molar-refractivity contribution in [1.82, 2.24) is 10.0 Å². The number of carbonyl (C=O) groups is 1. The second-order valence-electron chi connectivity index (χ2n) is 6.18. The van der Waals surface area contributed by atoms with Gasteiger partial charge in [0.15, 0.2) is 4.32 Å². The zero-order valence-electron chi connectivity index (χ0n) is 14.9. The molecule has 2 fully saturated rings. The monoisotopic (exact) mass is 451 g/mol. The predicted molar refractivity (Wildman–Crippen MR) is 113 cm³/mol. The summed E-state index contributed by atoms with van der Waals surface area (Å²) in [6, 6.07) is 7.56. The minimum Gasteiger partial charge on any atom is -0.457 e. The van der Waals surface area contributed by atoms with Crippen molar-refractivity contribution in [2.45, 2.75) is 0 Å². The second-order valence-corrected chi connectivity index (χ2v) is 8.27. The molecule has 2 aromatic rings. The van der Waals surface area contributed by atoms with Crippen LogP contribution in [0.15, 0.2) is 39.7 Å². The van der Waals surface area contributed by atoms with E-state index in [1.807, 2.05) is 5.01 Å². The predicted octanol–water partition coefficient (Wildman–Crippen LogP) is 3.96. The average Bonchev–Trinajstić information content (AvgIpc) is 3.27. The number of hydrogen-bond acceptors (Lipinski definition) is 8. The molecule has 3 heterocycles. The van der Waals surface area contributed by atoms with Gasteiger partial charge in [0.2, 0.25) is 0 Å². The van der Waals surface area contributed by atoms with Crippen molar-refractivity contribution < 1.29 is 18.9 Å². The highest BCUT2D eigenvalue weighted by atomic mass is 35.5. The van der Waals surface area contributed by atoms with Gasteiger partial charge in [0.05, 0.1) is 28.1 Å². The summed E-state index contributed by atoms with van der Waals surface area (Å²) in [6.45, 7) is 2.30. The maximum absolute atomic E-state index is 12.8. The lowest BCUT2D eigenvalue weighted by Crippen LogP contribution is -2.50. The molecule has 0 radical (unpaired) electrons. The number of halogens is 1. The number of thiocarbonyl (C=S) groups is 1. The van der Waals surface area contributed by atoms with E-state index in [2.05, 4.69) is 0 Å². The molecule has 0 spiro atoms. The highest BCUT2D eigenvalue weighted by Gasteiger charge is 2.37. The van der Waals surface area contributed by atoms with Gasteiger partial charge in [0.1, 0.15) is 11.5 Å². The van der Waals surface area contributed by atoms with E-state index < -0.39 is 4.92 Å². The fourth-order valence-electron chi connectivity index (χ4n) is 2.98. The Morgan fingerprint density at radius 1 is 1.24 bits per heavy atom. The summed E-state index contributed by atoms with van der Waals surface area (Å²) in [5.41, 5.74) is 0.426. The first kappa shape index (κ1) is 20.0. The third kappa shape index (κ3) is 4.07. The number of nitro groups is 1. The van der Waals surface area contributed by atoms with Crippen molar-refractivity contribution in [2.24, 2.45) is 0 Å². The van der Waals surface area contributed by atoms with Crippen molar-refractivity contribution >= 4 is 57.6 Å². The maximum atomic E-state index is 12.8. The summed E-state index contributed by atoms with van der Waals surface area (Å²) in [4.78, 5) is 23.6. The van der Waals surface area contributed by atoms with E-state index in [0.717, 1.165) is 0 Å². The first-order chi connectivity index (χ1) is 13.9. The third-order valence-electron chi connectivity index (χ3n) is 4.37. The lowest BCUT2D eigenvalue weighted by Gasteiger charge is -2.33. The number of non-ortho nitro benzene ring substituents is 1. The Balaban J connectivity index is 1.56. The van der Waals surface area contributed by atoms with E-state index in [1.165, 1.54) is 35.0 Å². The quantitative estimate of drug-likeness (QED) is 0.299. The van der Waals surface area contributed by atoms with Gasteiger partial charge in [-0.05, 0) is 18.2 Å². The minimum absolute atomic E-state index is 0.0997. The molecule has 0 N–H and O–H groups in total. The molecule has 1 aromatic carbocycles. The Morgan fingerprint density at radius 2 is 2.00 bits per heavy atom. The second kappa shape index (κ2) is 8.25. The van der Waals surface area contributed by atoms with Gasteiger partial charge < -0.3 is 9.15 Å². The molecule has 0 saturated carbocycles. The van der Waals surface area contributed by atoms with Gasteiger partial charge in [-0.3, -0.25) is 14.9 Å². The number of thioether (sulfide) groups is 1. The van der Waals surface area contributed by atoms with Crippen LogP contribution in [0.5, 0.6) is 0 Å². The molecular formula is C18H14ClN3O5S2. The standard InChI is InChI=1S/C18H14ClN3O5S2/c19-14-9-11(22(24)25)1-3-13(14)15-4-2-12(27-15)10-16-17(23)21(18(28)29-16)20-5-7-26-8-6-20/h1-4,9-10H,5-8H2. The van der Waals surface area contributed by atoms with Crippen LogP contribution in [0.25, 0.3) is 17.4 Å². The van der Waals surface area contributed by atoms with Gasteiger partial charge in [0, 0.05) is 36.9 Å². The molecule has 8 nitrogen and oxygen atoms in total. The molecule has 150 valence electrons. The van der Waals surface area contributed by atoms with E-state index in [4.69, 9.17) is 33.0 Å². The molecule has 0 unspecified atom stereocenters. The van der Waals surface area contributed by atoms with Crippen molar-refractivity contribution in [1.29, 1.82) is 0 Å². The zero-order valence-corrected chi connectivity index (χ0v) is 17.3. The van der Waals surface area contributed by atoms with E-state index in [-0.39, 0.29) is 16.6 Å². The van der Waals surface area contributed by atoms with Gasteiger partial charge in [0.25, 0.3) is 11.6 Å². The molecule has 2 aliphatic heterocycles. The summed E-state index contributed by atoms with van der Waals surface area (Å²) in [6.07, 6.45) is 1.63. The number of carbonyl (C=O) groups excluding carboxylic acids is 1. The van der Waals surface area contributed by atoms with E-state index in [0.29, 0.717) is 52.6 Å². The zero-order chi connectivity index (χ0) is 20.5. The molecule has 2 aliphatic rings. The summed E-state index contributed by atoms with van der Waals surface area (Å²) >= 11 is 12.7. The van der Waals surface area contributed by atoms with Crippen LogP contribution < -0.4 is 0 Å².